The lowest BCUT2D eigenvalue weighted by Gasteiger charge is -2.44. The van der Waals surface area contributed by atoms with Crippen molar-refractivity contribution in [3.8, 4) is 0 Å². The van der Waals surface area contributed by atoms with Gasteiger partial charge in [0, 0.05) is 54.0 Å². The molecule has 0 spiro atoms. The molecule has 1 aromatic carbocycles. The molecule has 0 amide bonds. The Hall–Kier alpha value is -0.710. The molecule has 0 aliphatic carbocycles. The van der Waals surface area contributed by atoms with Gasteiger partial charge in [0.25, 0.3) is 0 Å². The summed E-state index contributed by atoms with van der Waals surface area (Å²) < 4.78 is 11.8. The van der Waals surface area contributed by atoms with Crippen LogP contribution < -0.4 is 0 Å². The molecule has 0 radical (unpaired) electrons. The van der Waals surface area contributed by atoms with E-state index in [9.17, 15) is 4.21 Å². The molecule has 3 rings (SSSR count). The van der Waals surface area contributed by atoms with Crippen LogP contribution in [0.15, 0.2) is 30.3 Å². The number of rotatable bonds is 5. The van der Waals surface area contributed by atoms with Crippen molar-refractivity contribution in [2.75, 3.05) is 37.7 Å². The van der Waals surface area contributed by atoms with E-state index in [1.807, 2.05) is 6.92 Å². The maximum atomic E-state index is 11.8. The van der Waals surface area contributed by atoms with Crippen molar-refractivity contribution in [1.82, 2.24) is 9.80 Å². The molecule has 2 saturated heterocycles. The highest BCUT2D eigenvalue weighted by Gasteiger charge is 2.36. The van der Waals surface area contributed by atoms with Crippen molar-refractivity contribution >= 4 is 10.8 Å². The van der Waals surface area contributed by atoms with E-state index in [0.29, 0.717) is 6.04 Å². The molecule has 0 N–H and O–H groups in total. The van der Waals surface area contributed by atoms with Gasteiger partial charge in [0.2, 0.25) is 0 Å². The van der Waals surface area contributed by atoms with E-state index < -0.39 is 10.8 Å². The van der Waals surface area contributed by atoms with Crippen molar-refractivity contribution in [2.45, 2.75) is 31.8 Å². The average Bonchev–Trinajstić information content (AvgIpc) is 2.99. The van der Waals surface area contributed by atoms with Crippen LogP contribution in [-0.2, 0) is 10.8 Å². The van der Waals surface area contributed by atoms with E-state index in [1.165, 1.54) is 24.9 Å². The molecule has 1 aromatic rings. The van der Waals surface area contributed by atoms with Crippen molar-refractivity contribution < 1.29 is 4.21 Å². The Labute approximate surface area is 130 Å². The Kier molecular flexibility index (Phi) is 5.09. The van der Waals surface area contributed by atoms with Gasteiger partial charge in [0.05, 0.1) is 0 Å². The molecule has 3 atom stereocenters. The maximum Gasteiger partial charge on any atom is 0.0476 e. The molecule has 2 aliphatic rings. The van der Waals surface area contributed by atoms with E-state index in [0.717, 1.165) is 37.2 Å². The van der Waals surface area contributed by atoms with Crippen LogP contribution in [0.1, 0.15) is 31.4 Å². The highest BCUT2D eigenvalue weighted by atomic mass is 32.2. The molecule has 21 heavy (non-hydrogen) atoms. The van der Waals surface area contributed by atoms with Gasteiger partial charge in [-0.05, 0) is 24.9 Å². The van der Waals surface area contributed by atoms with Gasteiger partial charge in [-0.2, -0.15) is 0 Å². The van der Waals surface area contributed by atoms with E-state index in [4.69, 9.17) is 0 Å². The Morgan fingerprint density at radius 3 is 2.81 bits per heavy atom. The lowest BCUT2D eigenvalue weighted by molar-refractivity contribution is 0.0553. The van der Waals surface area contributed by atoms with Gasteiger partial charge in [-0.1, -0.05) is 37.3 Å². The summed E-state index contributed by atoms with van der Waals surface area (Å²) in [6.07, 6.45) is 2.66. The molecule has 0 aromatic heterocycles. The van der Waals surface area contributed by atoms with Gasteiger partial charge in [-0.3, -0.25) is 14.0 Å². The first-order valence-corrected chi connectivity index (χ1v) is 9.64. The van der Waals surface area contributed by atoms with Crippen LogP contribution in [0.3, 0.4) is 0 Å². The predicted octanol–water partition coefficient (Wildman–Crippen LogP) is 2.28. The molecule has 3 unspecified atom stereocenters. The zero-order chi connectivity index (χ0) is 14.7. The number of benzene rings is 1. The molecular weight excluding hydrogens is 280 g/mol. The van der Waals surface area contributed by atoms with Crippen LogP contribution in [0.25, 0.3) is 0 Å². The Balaban J connectivity index is 1.74. The smallest absolute Gasteiger partial charge is 0.0476 e. The first kappa shape index (κ1) is 15.2. The summed E-state index contributed by atoms with van der Waals surface area (Å²) >= 11 is 0. The fraction of sp³-hybridized carbons (Fsp3) is 0.647. The van der Waals surface area contributed by atoms with Crippen LogP contribution in [0.5, 0.6) is 0 Å². The molecule has 116 valence electrons. The normalized spacial score (nSPS) is 28.4. The third-order valence-corrected chi connectivity index (χ3v) is 6.19. The van der Waals surface area contributed by atoms with E-state index >= 15 is 0 Å². The number of piperazine rings is 1. The summed E-state index contributed by atoms with van der Waals surface area (Å²) in [4.78, 5) is 5.24. The SMILES string of the molecule is CCS(=O)CCN1CC2CCCN2CC1c1ccccc1. The van der Waals surface area contributed by atoms with E-state index in [1.54, 1.807) is 0 Å². The van der Waals surface area contributed by atoms with Gasteiger partial charge in [-0.15, -0.1) is 0 Å². The standard InChI is InChI=1S/C17H26N2OS/c1-2-21(20)12-11-19-13-16-9-6-10-18(16)14-17(19)15-7-4-3-5-8-15/h3-5,7-8,16-17H,2,6,9-14H2,1H3. The van der Waals surface area contributed by atoms with Crippen LogP contribution in [0, 0.1) is 0 Å². The average molecular weight is 306 g/mol. The number of fused-ring (bicyclic) bond motifs is 1. The first-order valence-electron chi connectivity index (χ1n) is 8.16. The van der Waals surface area contributed by atoms with Gasteiger partial charge in [0.15, 0.2) is 0 Å². The molecule has 0 saturated carbocycles. The fourth-order valence-corrected chi connectivity index (χ4v) is 4.41. The van der Waals surface area contributed by atoms with Gasteiger partial charge in [-0.25, -0.2) is 0 Å². The summed E-state index contributed by atoms with van der Waals surface area (Å²) in [5, 5.41) is 0. The van der Waals surface area contributed by atoms with Crippen LogP contribution in [-0.4, -0.2) is 57.7 Å². The third-order valence-electron chi connectivity index (χ3n) is 4.91. The summed E-state index contributed by atoms with van der Waals surface area (Å²) in [5.41, 5.74) is 1.41. The van der Waals surface area contributed by atoms with Crippen molar-refractivity contribution in [3.05, 3.63) is 35.9 Å². The summed E-state index contributed by atoms with van der Waals surface area (Å²) in [6.45, 7) is 6.50. The third kappa shape index (κ3) is 3.55. The predicted molar refractivity (Wildman–Crippen MR) is 88.9 cm³/mol. The molecule has 2 heterocycles. The summed E-state index contributed by atoms with van der Waals surface area (Å²) in [5.74, 6) is 1.59. The van der Waals surface area contributed by atoms with Gasteiger partial charge >= 0.3 is 0 Å². The van der Waals surface area contributed by atoms with Crippen molar-refractivity contribution in [2.24, 2.45) is 0 Å². The minimum atomic E-state index is -0.662. The topological polar surface area (TPSA) is 23.6 Å². The zero-order valence-electron chi connectivity index (χ0n) is 12.9. The minimum absolute atomic E-state index is 0.467. The highest BCUT2D eigenvalue weighted by Crippen LogP contribution is 2.32. The molecule has 2 fully saturated rings. The van der Waals surface area contributed by atoms with Gasteiger partial charge < -0.3 is 0 Å². The molecule has 0 bridgehead atoms. The summed E-state index contributed by atoms with van der Waals surface area (Å²) in [7, 11) is -0.662. The Morgan fingerprint density at radius 1 is 1.24 bits per heavy atom. The molecule has 2 aliphatic heterocycles. The number of hydrogen-bond acceptors (Lipinski definition) is 3. The minimum Gasteiger partial charge on any atom is -0.297 e. The van der Waals surface area contributed by atoms with E-state index in [-0.39, 0.29) is 0 Å². The number of hydrogen-bond donors (Lipinski definition) is 0. The zero-order valence-corrected chi connectivity index (χ0v) is 13.7. The van der Waals surface area contributed by atoms with Gasteiger partial charge in [0.1, 0.15) is 0 Å². The highest BCUT2D eigenvalue weighted by molar-refractivity contribution is 7.84. The van der Waals surface area contributed by atoms with E-state index in [2.05, 4.69) is 40.1 Å². The van der Waals surface area contributed by atoms with Crippen LogP contribution in [0.2, 0.25) is 0 Å². The molecular formula is C17H26N2OS. The fourth-order valence-electron chi connectivity index (χ4n) is 3.68. The second-order valence-corrected chi connectivity index (χ2v) is 8.01. The molecule has 3 nitrogen and oxygen atoms in total. The lowest BCUT2D eigenvalue weighted by Crippen LogP contribution is -2.52. The lowest BCUT2D eigenvalue weighted by atomic mass is 10.00. The largest absolute Gasteiger partial charge is 0.297 e. The Morgan fingerprint density at radius 2 is 2.05 bits per heavy atom. The first-order chi connectivity index (χ1) is 10.3. The van der Waals surface area contributed by atoms with Crippen LogP contribution >= 0.6 is 0 Å². The van der Waals surface area contributed by atoms with Crippen molar-refractivity contribution in [3.63, 3.8) is 0 Å². The summed E-state index contributed by atoms with van der Waals surface area (Å²) in [6, 6.07) is 12.0. The second kappa shape index (κ2) is 7.03. The maximum absolute atomic E-state index is 11.8. The molecule has 4 heteroatoms. The quantitative estimate of drug-likeness (QED) is 0.834. The number of nitrogens with zero attached hydrogens (tertiary/aromatic N) is 2. The monoisotopic (exact) mass is 306 g/mol. The Bertz CT molecular complexity index is 479. The van der Waals surface area contributed by atoms with Crippen LogP contribution in [0.4, 0.5) is 0 Å². The van der Waals surface area contributed by atoms with Crippen molar-refractivity contribution in [1.29, 1.82) is 0 Å². The second-order valence-electron chi connectivity index (χ2n) is 6.15.